The highest BCUT2D eigenvalue weighted by Gasteiger charge is 2.33. The van der Waals surface area contributed by atoms with Crippen LogP contribution < -0.4 is 10.6 Å². The zero-order valence-electron chi connectivity index (χ0n) is 16.4. The molecule has 3 atom stereocenters. The molecule has 0 aliphatic carbocycles. The Morgan fingerprint density at radius 2 is 1.93 bits per heavy atom. The fraction of sp³-hybridized carbons (Fsp3) is 0.526. The number of rotatable bonds is 4. The molecule has 0 radical (unpaired) electrons. The van der Waals surface area contributed by atoms with Gasteiger partial charge in [-0.1, -0.05) is 6.07 Å². The normalized spacial score (nSPS) is 25.4. The van der Waals surface area contributed by atoms with Crippen LogP contribution in [0.5, 0.6) is 0 Å². The van der Waals surface area contributed by atoms with Crippen molar-refractivity contribution >= 4 is 29.6 Å². The van der Waals surface area contributed by atoms with Gasteiger partial charge in [0.05, 0.1) is 12.5 Å². The van der Waals surface area contributed by atoms with Crippen LogP contribution in [0.1, 0.15) is 38.2 Å². The van der Waals surface area contributed by atoms with Crippen molar-refractivity contribution in [2.24, 2.45) is 0 Å². The van der Waals surface area contributed by atoms with Crippen molar-refractivity contribution in [3.8, 4) is 0 Å². The molecule has 1 aromatic heterocycles. The van der Waals surface area contributed by atoms with Crippen LogP contribution in [0, 0.1) is 0 Å². The predicted octanol–water partition coefficient (Wildman–Crippen LogP) is 0.613. The molecule has 0 saturated carbocycles. The van der Waals surface area contributed by atoms with Crippen LogP contribution >= 0.6 is 0 Å². The van der Waals surface area contributed by atoms with Gasteiger partial charge < -0.3 is 15.3 Å². The molecule has 1 aromatic rings. The summed E-state index contributed by atoms with van der Waals surface area (Å²) < 4.78 is 0. The molecule has 0 aromatic carbocycles. The number of aromatic nitrogens is 1. The van der Waals surface area contributed by atoms with Crippen molar-refractivity contribution in [1.82, 2.24) is 20.1 Å². The average Bonchev–Trinajstić information content (AvgIpc) is 2.65. The summed E-state index contributed by atoms with van der Waals surface area (Å²) in [7, 11) is 0. The lowest BCUT2D eigenvalue weighted by atomic mass is 9.92. The minimum Gasteiger partial charge on any atom is -0.465 e. The van der Waals surface area contributed by atoms with Crippen LogP contribution in [-0.4, -0.2) is 75.4 Å². The summed E-state index contributed by atoms with van der Waals surface area (Å²) in [6.45, 7) is 4.63. The van der Waals surface area contributed by atoms with Crippen LogP contribution in [0.15, 0.2) is 18.3 Å². The van der Waals surface area contributed by atoms with E-state index in [0.717, 1.165) is 0 Å². The Morgan fingerprint density at radius 1 is 1.24 bits per heavy atom. The van der Waals surface area contributed by atoms with Gasteiger partial charge in [-0.2, -0.15) is 0 Å². The Balaban J connectivity index is 1.56. The second-order valence-corrected chi connectivity index (χ2v) is 7.59. The predicted molar refractivity (Wildman–Crippen MR) is 103 cm³/mol. The van der Waals surface area contributed by atoms with E-state index in [2.05, 4.69) is 15.6 Å². The Bertz CT molecular complexity index is 800. The van der Waals surface area contributed by atoms with E-state index in [9.17, 15) is 19.2 Å². The number of hydrogen-bond acceptors (Lipinski definition) is 6. The lowest BCUT2D eigenvalue weighted by molar-refractivity contribution is -0.134. The molecule has 2 aliphatic heterocycles. The maximum atomic E-state index is 12.4. The largest absolute Gasteiger partial charge is 0.465 e. The van der Waals surface area contributed by atoms with E-state index in [1.807, 2.05) is 18.7 Å². The average molecular weight is 403 g/mol. The Labute approximate surface area is 168 Å². The molecule has 3 heterocycles. The zero-order valence-corrected chi connectivity index (χ0v) is 16.4. The minimum absolute atomic E-state index is 0.0801. The molecule has 0 bridgehead atoms. The molecule has 10 nitrogen and oxygen atoms in total. The van der Waals surface area contributed by atoms with Gasteiger partial charge in [-0.25, -0.2) is 9.78 Å². The first kappa shape index (κ1) is 20.7. The Morgan fingerprint density at radius 3 is 2.48 bits per heavy atom. The molecule has 3 N–H and O–H groups in total. The number of nitrogens with one attached hydrogen (secondary N) is 2. The van der Waals surface area contributed by atoms with Crippen molar-refractivity contribution < 1.29 is 24.3 Å². The number of carbonyl (C=O) groups is 4. The number of nitrogens with zero attached hydrogens (tertiary/aromatic N) is 3. The summed E-state index contributed by atoms with van der Waals surface area (Å²) in [6.07, 6.45) is 1.32. The number of imide groups is 1. The van der Waals surface area contributed by atoms with E-state index in [4.69, 9.17) is 5.11 Å². The lowest BCUT2D eigenvalue weighted by Crippen LogP contribution is -2.59. The smallest absolute Gasteiger partial charge is 0.407 e. The Hall–Kier alpha value is -3.01. The molecule has 2 saturated heterocycles. The maximum Gasteiger partial charge on any atom is 0.407 e. The van der Waals surface area contributed by atoms with E-state index >= 15 is 0 Å². The lowest BCUT2D eigenvalue weighted by Gasteiger charge is -2.42. The van der Waals surface area contributed by atoms with Gasteiger partial charge in [0.1, 0.15) is 5.82 Å². The van der Waals surface area contributed by atoms with Crippen molar-refractivity contribution in [2.45, 2.75) is 44.7 Å². The molecule has 3 unspecified atom stereocenters. The van der Waals surface area contributed by atoms with Gasteiger partial charge in [-0.15, -0.1) is 0 Å². The quantitative estimate of drug-likeness (QED) is 0.628. The zero-order chi connectivity index (χ0) is 21.1. The highest BCUT2D eigenvalue weighted by Crippen LogP contribution is 2.24. The van der Waals surface area contributed by atoms with Crippen LogP contribution in [0.2, 0.25) is 0 Å². The third-order valence-electron chi connectivity index (χ3n) is 5.39. The molecule has 0 spiro atoms. The van der Waals surface area contributed by atoms with Gasteiger partial charge in [0.2, 0.25) is 17.7 Å². The van der Waals surface area contributed by atoms with Crippen molar-refractivity contribution in [1.29, 1.82) is 0 Å². The van der Waals surface area contributed by atoms with Gasteiger partial charge in [0.25, 0.3) is 0 Å². The Kier molecular flexibility index (Phi) is 6.12. The third kappa shape index (κ3) is 4.89. The van der Waals surface area contributed by atoms with Crippen LogP contribution in [-0.2, 0) is 14.4 Å². The number of carboxylic acid groups (broad SMARTS) is 1. The number of hydrogen-bond donors (Lipinski definition) is 3. The first-order valence-corrected chi connectivity index (χ1v) is 9.57. The summed E-state index contributed by atoms with van der Waals surface area (Å²) in [6, 6.07) is 3.19. The topological polar surface area (TPSA) is 132 Å². The van der Waals surface area contributed by atoms with Crippen LogP contribution in [0.3, 0.4) is 0 Å². The summed E-state index contributed by atoms with van der Waals surface area (Å²) in [4.78, 5) is 54.3. The minimum atomic E-state index is -0.951. The van der Waals surface area contributed by atoms with Crippen LogP contribution in [0.25, 0.3) is 0 Å². The molecular weight excluding hydrogens is 378 g/mol. The molecule has 10 heteroatoms. The second-order valence-electron chi connectivity index (χ2n) is 7.59. The first-order chi connectivity index (χ1) is 13.7. The highest BCUT2D eigenvalue weighted by molar-refractivity contribution is 6.01. The first-order valence-electron chi connectivity index (χ1n) is 9.57. The highest BCUT2D eigenvalue weighted by atomic mass is 16.4. The van der Waals surface area contributed by atoms with Gasteiger partial charge >= 0.3 is 6.09 Å². The third-order valence-corrected chi connectivity index (χ3v) is 5.39. The van der Waals surface area contributed by atoms with Crippen molar-refractivity contribution in [2.75, 3.05) is 25.0 Å². The van der Waals surface area contributed by atoms with Crippen LogP contribution in [0.4, 0.5) is 10.6 Å². The molecule has 4 amide bonds. The molecule has 2 fully saturated rings. The number of piperazine rings is 1. The van der Waals surface area contributed by atoms with Gasteiger partial charge in [0.15, 0.2) is 0 Å². The number of anilines is 1. The summed E-state index contributed by atoms with van der Waals surface area (Å²) in [5.74, 6) is -0.888. The maximum absolute atomic E-state index is 12.4. The van der Waals surface area contributed by atoms with Gasteiger partial charge in [0, 0.05) is 37.8 Å². The number of piperidine rings is 1. The second kappa shape index (κ2) is 8.56. The fourth-order valence-corrected chi connectivity index (χ4v) is 3.87. The van der Waals surface area contributed by atoms with Gasteiger partial charge in [-0.05, 0) is 31.9 Å². The molecule has 2 aliphatic rings. The number of carbonyl (C=O) groups excluding carboxylic acids is 3. The van der Waals surface area contributed by atoms with E-state index < -0.39 is 12.0 Å². The standard InChI is InChI=1S/C19H25N5O5/c1-11-8-23(19(28)29)9-12(2)24(11)10-17(26)21-15-5-3-13(7-20-15)14-4-6-16(25)22-18(14)27/h3,5,7,11-12,14H,4,6,8-10H2,1-2H3,(H,28,29)(H,20,21,26)(H,22,25,27). The monoisotopic (exact) mass is 403 g/mol. The summed E-state index contributed by atoms with van der Waals surface area (Å²) in [5.41, 5.74) is 0.694. The molecule has 3 rings (SSSR count). The van der Waals surface area contributed by atoms with Crippen molar-refractivity contribution in [3.63, 3.8) is 0 Å². The van der Waals surface area contributed by atoms with Crippen molar-refractivity contribution in [3.05, 3.63) is 23.9 Å². The SMILES string of the molecule is CC1CN(C(=O)O)CC(C)N1CC(=O)Nc1ccc(C2CCC(=O)NC2=O)cn1. The van der Waals surface area contributed by atoms with E-state index in [1.165, 1.54) is 11.1 Å². The van der Waals surface area contributed by atoms with E-state index in [0.29, 0.717) is 37.3 Å². The fourth-order valence-electron chi connectivity index (χ4n) is 3.87. The van der Waals surface area contributed by atoms with E-state index in [-0.39, 0.29) is 36.3 Å². The van der Waals surface area contributed by atoms with Gasteiger partial charge in [-0.3, -0.25) is 24.6 Å². The van der Waals surface area contributed by atoms with E-state index in [1.54, 1.807) is 12.1 Å². The number of pyridine rings is 1. The molecule has 156 valence electrons. The number of amides is 4. The summed E-state index contributed by atoms with van der Waals surface area (Å²) >= 11 is 0. The molecule has 29 heavy (non-hydrogen) atoms. The molecular formula is C19H25N5O5. The summed E-state index contributed by atoms with van der Waals surface area (Å²) in [5, 5.41) is 14.2.